The van der Waals surface area contributed by atoms with Crippen LogP contribution in [0, 0.1) is 0 Å². The number of esters is 1. The number of likely N-dealkylation sites (tertiary alicyclic amines) is 1. The van der Waals surface area contributed by atoms with E-state index in [1.165, 1.54) is 0 Å². The van der Waals surface area contributed by atoms with Gasteiger partial charge in [-0.15, -0.1) is 0 Å². The highest BCUT2D eigenvalue weighted by Crippen LogP contribution is 2.41. The van der Waals surface area contributed by atoms with Crippen molar-refractivity contribution in [2.24, 2.45) is 0 Å². The fraction of sp³-hybridized carbons (Fsp3) is 0.588. The van der Waals surface area contributed by atoms with E-state index >= 15 is 0 Å². The molecule has 110 valence electrons. The summed E-state index contributed by atoms with van der Waals surface area (Å²) < 4.78 is 5.94. The molecule has 3 heteroatoms. The third kappa shape index (κ3) is 2.88. The van der Waals surface area contributed by atoms with Crippen LogP contribution in [0.1, 0.15) is 45.6 Å². The Hall–Kier alpha value is -1.35. The van der Waals surface area contributed by atoms with Gasteiger partial charge in [-0.05, 0) is 26.5 Å². The van der Waals surface area contributed by atoms with E-state index < -0.39 is 5.60 Å². The van der Waals surface area contributed by atoms with Crippen molar-refractivity contribution in [3.05, 3.63) is 35.9 Å². The Labute approximate surface area is 121 Å². The summed E-state index contributed by atoms with van der Waals surface area (Å²) >= 11 is 0. The van der Waals surface area contributed by atoms with Gasteiger partial charge in [0, 0.05) is 31.3 Å². The summed E-state index contributed by atoms with van der Waals surface area (Å²) in [5, 5.41) is 0. The second kappa shape index (κ2) is 5.96. The van der Waals surface area contributed by atoms with Gasteiger partial charge in [-0.1, -0.05) is 37.3 Å². The minimum atomic E-state index is -0.473. The smallest absolute Gasteiger partial charge is 0.306 e. The molecule has 1 aromatic rings. The van der Waals surface area contributed by atoms with Crippen LogP contribution in [0.2, 0.25) is 0 Å². The van der Waals surface area contributed by atoms with Crippen molar-refractivity contribution >= 4 is 5.97 Å². The first-order chi connectivity index (χ1) is 9.48. The van der Waals surface area contributed by atoms with E-state index in [1.807, 2.05) is 25.1 Å². The van der Waals surface area contributed by atoms with Crippen molar-refractivity contribution in [3.8, 4) is 0 Å². The Morgan fingerprint density at radius 2 is 1.80 bits per heavy atom. The van der Waals surface area contributed by atoms with Crippen LogP contribution in [-0.2, 0) is 15.1 Å². The van der Waals surface area contributed by atoms with Gasteiger partial charge >= 0.3 is 5.97 Å². The molecule has 0 saturated carbocycles. The SMILES string of the molecule is CCC(=O)OC1(c2ccccc2)C[C@@H](C)N(C)[C@H](C)C1. The van der Waals surface area contributed by atoms with Gasteiger partial charge in [0.1, 0.15) is 5.60 Å². The number of carbonyl (C=O) groups excluding carboxylic acids is 1. The normalized spacial score (nSPS) is 31.0. The number of carbonyl (C=O) groups is 1. The molecule has 1 fully saturated rings. The first-order valence-corrected chi connectivity index (χ1v) is 7.48. The molecular weight excluding hydrogens is 250 g/mol. The number of piperidine rings is 1. The van der Waals surface area contributed by atoms with E-state index in [0.29, 0.717) is 18.5 Å². The van der Waals surface area contributed by atoms with Gasteiger partial charge in [0.2, 0.25) is 0 Å². The molecule has 0 aliphatic carbocycles. The van der Waals surface area contributed by atoms with Gasteiger partial charge in [-0.25, -0.2) is 0 Å². The molecule has 0 radical (unpaired) electrons. The zero-order valence-corrected chi connectivity index (χ0v) is 12.9. The fourth-order valence-electron chi connectivity index (χ4n) is 3.17. The zero-order valence-electron chi connectivity index (χ0n) is 12.9. The summed E-state index contributed by atoms with van der Waals surface area (Å²) in [6.07, 6.45) is 2.13. The predicted octanol–water partition coefficient (Wildman–Crippen LogP) is 3.34. The van der Waals surface area contributed by atoms with Crippen LogP contribution in [0.25, 0.3) is 0 Å². The number of benzene rings is 1. The maximum absolute atomic E-state index is 11.9. The van der Waals surface area contributed by atoms with Crippen molar-refractivity contribution in [2.75, 3.05) is 7.05 Å². The van der Waals surface area contributed by atoms with Crippen LogP contribution in [0.15, 0.2) is 30.3 Å². The first kappa shape index (κ1) is 15.0. The van der Waals surface area contributed by atoms with Crippen molar-refractivity contribution in [3.63, 3.8) is 0 Å². The van der Waals surface area contributed by atoms with Gasteiger partial charge in [-0.3, -0.25) is 4.79 Å². The average Bonchev–Trinajstić information content (AvgIpc) is 2.45. The van der Waals surface area contributed by atoms with Gasteiger partial charge in [-0.2, -0.15) is 0 Å². The molecule has 20 heavy (non-hydrogen) atoms. The molecular formula is C17H25NO2. The average molecular weight is 275 g/mol. The van der Waals surface area contributed by atoms with Crippen LogP contribution < -0.4 is 0 Å². The molecule has 1 saturated heterocycles. The maximum Gasteiger partial charge on any atom is 0.306 e. The number of rotatable bonds is 3. The molecule has 0 aromatic heterocycles. The number of hydrogen-bond donors (Lipinski definition) is 0. The molecule has 2 rings (SSSR count). The molecule has 0 spiro atoms. The van der Waals surface area contributed by atoms with Gasteiger partial charge in [0.25, 0.3) is 0 Å². The van der Waals surface area contributed by atoms with Crippen molar-refractivity contribution in [1.29, 1.82) is 0 Å². The Morgan fingerprint density at radius 3 is 2.30 bits per heavy atom. The minimum absolute atomic E-state index is 0.113. The molecule has 0 N–H and O–H groups in total. The molecule has 1 aliphatic heterocycles. The summed E-state index contributed by atoms with van der Waals surface area (Å²) in [6.45, 7) is 6.25. The Bertz CT molecular complexity index is 445. The molecule has 1 aliphatic rings. The lowest BCUT2D eigenvalue weighted by molar-refractivity contribution is -0.171. The second-order valence-electron chi connectivity index (χ2n) is 5.96. The Morgan fingerprint density at radius 1 is 1.25 bits per heavy atom. The number of hydrogen-bond acceptors (Lipinski definition) is 3. The third-order valence-corrected chi connectivity index (χ3v) is 4.54. The highest BCUT2D eigenvalue weighted by atomic mass is 16.6. The van der Waals surface area contributed by atoms with Crippen LogP contribution in [-0.4, -0.2) is 30.0 Å². The lowest BCUT2D eigenvalue weighted by atomic mass is 9.78. The molecule has 1 aromatic carbocycles. The van der Waals surface area contributed by atoms with Crippen molar-refractivity contribution in [1.82, 2.24) is 4.90 Å². The Balaban J connectivity index is 2.37. The number of ether oxygens (including phenoxy) is 1. The largest absolute Gasteiger partial charge is 0.454 e. The molecule has 1 heterocycles. The van der Waals surface area contributed by atoms with E-state index in [-0.39, 0.29) is 5.97 Å². The first-order valence-electron chi connectivity index (χ1n) is 7.48. The quantitative estimate of drug-likeness (QED) is 0.792. The van der Waals surface area contributed by atoms with Crippen LogP contribution >= 0.6 is 0 Å². The van der Waals surface area contributed by atoms with E-state index in [9.17, 15) is 4.79 Å². The summed E-state index contributed by atoms with van der Waals surface area (Å²) in [4.78, 5) is 14.3. The van der Waals surface area contributed by atoms with E-state index in [0.717, 1.165) is 18.4 Å². The highest BCUT2D eigenvalue weighted by Gasteiger charge is 2.44. The summed E-state index contributed by atoms with van der Waals surface area (Å²) in [7, 11) is 2.14. The third-order valence-electron chi connectivity index (χ3n) is 4.54. The maximum atomic E-state index is 11.9. The molecule has 0 amide bonds. The van der Waals surface area contributed by atoms with Crippen molar-refractivity contribution in [2.45, 2.75) is 57.7 Å². The molecule has 0 unspecified atom stereocenters. The fourth-order valence-corrected chi connectivity index (χ4v) is 3.17. The summed E-state index contributed by atoms with van der Waals surface area (Å²) in [5.74, 6) is -0.113. The summed E-state index contributed by atoms with van der Waals surface area (Å²) in [5.41, 5.74) is 0.647. The lowest BCUT2D eigenvalue weighted by Gasteiger charge is -2.47. The van der Waals surface area contributed by atoms with E-state index in [2.05, 4.69) is 37.9 Å². The van der Waals surface area contributed by atoms with E-state index in [1.54, 1.807) is 0 Å². The van der Waals surface area contributed by atoms with Crippen LogP contribution in [0.4, 0.5) is 0 Å². The predicted molar refractivity (Wildman–Crippen MR) is 80.4 cm³/mol. The molecule has 0 bridgehead atoms. The topological polar surface area (TPSA) is 29.5 Å². The van der Waals surface area contributed by atoms with Gasteiger partial charge in [0.05, 0.1) is 0 Å². The summed E-state index contributed by atoms with van der Waals surface area (Å²) in [6, 6.07) is 11.0. The van der Waals surface area contributed by atoms with Crippen LogP contribution in [0.3, 0.4) is 0 Å². The Kier molecular flexibility index (Phi) is 4.48. The standard InChI is InChI=1S/C17H25NO2/c1-5-16(19)20-17(15-9-7-6-8-10-15)11-13(2)18(4)14(3)12-17/h6-10,13-14H,5,11-12H2,1-4H3/t13-,14-/m1/s1. The van der Waals surface area contributed by atoms with Crippen molar-refractivity contribution < 1.29 is 9.53 Å². The minimum Gasteiger partial charge on any atom is -0.454 e. The van der Waals surface area contributed by atoms with E-state index in [4.69, 9.17) is 4.74 Å². The van der Waals surface area contributed by atoms with Gasteiger partial charge in [0.15, 0.2) is 0 Å². The molecule has 2 atom stereocenters. The highest BCUT2D eigenvalue weighted by molar-refractivity contribution is 5.69. The lowest BCUT2D eigenvalue weighted by Crippen LogP contribution is -2.52. The molecule has 3 nitrogen and oxygen atoms in total. The second-order valence-corrected chi connectivity index (χ2v) is 5.96. The zero-order chi connectivity index (χ0) is 14.8. The van der Waals surface area contributed by atoms with Gasteiger partial charge < -0.3 is 9.64 Å². The number of nitrogens with zero attached hydrogens (tertiary/aromatic N) is 1. The monoisotopic (exact) mass is 275 g/mol. The van der Waals surface area contributed by atoms with Crippen LogP contribution in [0.5, 0.6) is 0 Å².